The highest BCUT2D eigenvalue weighted by atomic mass is 15.1. The lowest BCUT2D eigenvalue weighted by molar-refractivity contribution is 0.949. The van der Waals surface area contributed by atoms with E-state index in [2.05, 4.69) is 46.3 Å². The number of anilines is 1. The molecule has 3 aromatic rings. The first-order valence-corrected chi connectivity index (χ1v) is 7.47. The molecule has 0 unspecified atom stereocenters. The van der Waals surface area contributed by atoms with Crippen molar-refractivity contribution < 1.29 is 0 Å². The number of aromatic nitrogens is 2. The summed E-state index contributed by atoms with van der Waals surface area (Å²) in [7, 11) is 0. The van der Waals surface area contributed by atoms with E-state index in [1.165, 1.54) is 23.9 Å². The summed E-state index contributed by atoms with van der Waals surface area (Å²) in [6.07, 6.45) is 6.23. The summed E-state index contributed by atoms with van der Waals surface area (Å²) in [5, 5.41) is 1.24. The summed E-state index contributed by atoms with van der Waals surface area (Å²) in [6.45, 7) is 2.28. The van der Waals surface area contributed by atoms with E-state index in [0.29, 0.717) is 0 Å². The summed E-state index contributed by atoms with van der Waals surface area (Å²) >= 11 is 0. The number of benzene rings is 1. The van der Waals surface area contributed by atoms with Crippen molar-refractivity contribution in [1.29, 1.82) is 0 Å². The smallest absolute Gasteiger partial charge is 0.0745 e. The highest BCUT2D eigenvalue weighted by Crippen LogP contribution is 2.32. The van der Waals surface area contributed by atoms with Gasteiger partial charge in [0.25, 0.3) is 0 Å². The number of rotatable bonds is 2. The number of para-hydroxylation sites is 1. The summed E-state index contributed by atoms with van der Waals surface area (Å²) in [4.78, 5) is 11.5. The first-order valence-electron chi connectivity index (χ1n) is 7.47. The van der Waals surface area contributed by atoms with Gasteiger partial charge in [0.05, 0.1) is 11.2 Å². The van der Waals surface area contributed by atoms with Gasteiger partial charge in [-0.15, -0.1) is 0 Å². The highest BCUT2D eigenvalue weighted by Gasteiger charge is 2.16. The molecule has 4 rings (SSSR count). The molecule has 0 spiro atoms. The second-order valence-electron chi connectivity index (χ2n) is 5.48. The zero-order valence-electron chi connectivity index (χ0n) is 11.9. The van der Waals surface area contributed by atoms with E-state index in [9.17, 15) is 0 Å². The Labute approximate surface area is 124 Å². The summed E-state index contributed by atoms with van der Waals surface area (Å²) in [5.74, 6) is 0. The molecule has 3 nitrogen and oxygen atoms in total. The van der Waals surface area contributed by atoms with E-state index in [1.807, 2.05) is 12.3 Å². The first-order chi connectivity index (χ1) is 10.4. The molecule has 1 aromatic carbocycles. The normalized spacial score (nSPS) is 14.8. The second-order valence-corrected chi connectivity index (χ2v) is 5.48. The van der Waals surface area contributed by atoms with Crippen molar-refractivity contribution in [1.82, 2.24) is 9.97 Å². The van der Waals surface area contributed by atoms with Crippen LogP contribution in [0.2, 0.25) is 0 Å². The van der Waals surface area contributed by atoms with E-state index >= 15 is 0 Å². The van der Waals surface area contributed by atoms with E-state index in [0.717, 1.165) is 29.9 Å². The molecule has 0 atom stereocenters. The predicted molar refractivity (Wildman–Crippen MR) is 86.4 cm³/mol. The minimum absolute atomic E-state index is 1.00. The first kappa shape index (κ1) is 12.3. The molecule has 0 bridgehead atoms. The zero-order chi connectivity index (χ0) is 14.1. The van der Waals surface area contributed by atoms with E-state index < -0.39 is 0 Å². The van der Waals surface area contributed by atoms with Crippen molar-refractivity contribution >= 4 is 16.6 Å². The maximum atomic E-state index is 4.81. The fraction of sp³-hybridized carbons (Fsp3) is 0.222. The van der Waals surface area contributed by atoms with Crippen LogP contribution in [0.4, 0.5) is 5.69 Å². The molecule has 0 saturated carbocycles. The molecular weight excluding hydrogens is 258 g/mol. The monoisotopic (exact) mass is 275 g/mol. The Hall–Kier alpha value is -2.42. The molecule has 104 valence electrons. The van der Waals surface area contributed by atoms with Crippen molar-refractivity contribution in [3.63, 3.8) is 0 Å². The van der Waals surface area contributed by atoms with Crippen LogP contribution in [-0.2, 0) is 0 Å². The van der Waals surface area contributed by atoms with Crippen LogP contribution in [0.1, 0.15) is 12.8 Å². The van der Waals surface area contributed by atoms with Gasteiger partial charge in [0, 0.05) is 42.1 Å². The molecule has 1 aliphatic rings. The standard InChI is InChI=1S/C18H17N3/c1-2-8-16-15(7-1)18(21-10-3-4-11-21)12-17(20-16)14-6-5-9-19-13-14/h1-2,5-9,12-13H,3-4,10-11H2. The molecule has 1 aliphatic heterocycles. The predicted octanol–water partition coefficient (Wildman–Crippen LogP) is 3.90. The average Bonchev–Trinajstić information content (AvgIpc) is 3.09. The van der Waals surface area contributed by atoms with Crippen LogP contribution in [0.5, 0.6) is 0 Å². The Kier molecular flexibility index (Phi) is 3.03. The minimum atomic E-state index is 1.00. The number of hydrogen-bond donors (Lipinski definition) is 0. The zero-order valence-corrected chi connectivity index (χ0v) is 11.9. The molecule has 3 heteroatoms. The Balaban J connectivity index is 1.93. The van der Waals surface area contributed by atoms with Gasteiger partial charge in [0.2, 0.25) is 0 Å². The molecular formula is C18H17N3. The molecule has 0 aliphatic carbocycles. The summed E-state index contributed by atoms with van der Waals surface area (Å²) in [6, 6.07) is 14.6. The Bertz CT molecular complexity index is 762. The van der Waals surface area contributed by atoms with Crippen molar-refractivity contribution in [2.45, 2.75) is 12.8 Å². The van der Waals surface area contributed by atoms with Crippen molar-refractivity contribution in [2.24, 2.45) is 0 Å². The van der Waals surface area contributed by atoms with Crippen molar-refractivity contribution in [2.75, 3.05) is 18.0 Å². The van der Waals surface area contributed by atoms with Crippen LogP contribution >= 0.6 is 0 Å². The van der Waals surface area contributed by atoms with Gasteiger partial charge in [-0.2, -0.15) is 0 Å². The SMILES string of the molecule is c1cncc(-c2cc(N3CCCC3)c3ccccc3n2)c1. The summed E-state index contributed by atoms with van der Waals surface area (Å²) < 4.78 is 0. The number of pyridine rings is 2. The van der Waals surface area contributed by atoms with E-state index in [1.54, 1.807) is 6.20 Å². The van der Waals surface area contributed by atoms with Crippen molar-refractivity contribution in [3.8, 4) is 11.3 Å². The van der Waals surface area contributed by atoms with Gasteiger partial charge in [-0.3, -0.25) is 4.98 Å². The average molecular weight is 275 g/mol. The van der Waals surface area contributed by atoms with Gasteiger partial charge in [-0.1, -0.05) is 18.2 Å². The number of hydrogen-bond acceptors (Lipinski definition) is 3. The van der Waals surface area contributed by atoms with Gasteiger partial charge < -0.3 is 4.90 Å². The lowest BCUT2D eigenvalue weighted by atomic mass is 10.1. The van der Waals surface area contributed by atoms with Gasteiger partial charge >= 0.3 is 0 Å². The van der Waals surface area contributed by atoms with Crippen LogP contribution in [0.3, 0.4) is 0 Å². The quantitative estimate of drug-likeness (QED) is 0.710. The van der Waals surface area contributed by atoms with Gasteiger partial charge in [0.15, 0.2) is 0 Å². The fourth-order valence-electron chi connectivity index (χ4n) is 3.04. The molecule has 1 saturated heterocycles. The van der Waals surface area contributed by atoms with Crippen molar-refractivity contribution in [3.05, 3.63) is 54.9 Å². The Morgan fingerprint density at radius 2 is 1.81 bits per heavy atom. The van der Waals surface area contributed by atoms with Crippen LogP contribution < -0.4 is 4.90 Å². The maximum absolute atomic E-state index is 4.81. The molecule has 21 heavy (non-hydrogen) atoms. The van der Waals surface area contributed by atoms with Crippen LogP contribution in [0, 0.1) is 0 Å². The topological polar surface area (TPSA) is 29.0 Å². The number of fused-ring (bicyclic) bond motifs is 1. The largest absolute Gasteiger partial charge is 0.371 e. The summed E-state index contributed by atoms with van der Waals surface area (Å²) in [5.41, 5.74) is 4.44. The third-order valence-corrected chi connectivity index (χ3v) is 4.10. The lowest BCUT2D eigenvalue weighted by Gasteiger charge is -2.20. The second kappa shape index (κ2) is 5.17. The maximum Gasteiger partial charge on any atom is 0.0745 e. The molecule has 1 fully saturated rings. The van der Waals surface area contributed by atoms with E-state index in [-0.39, 0.29) is 0 Å². The molecule has 0 radical (unpaired) electrons. The van der Waals surface area contributed by atoms with Crippen LogP contribution in [-0.4, -0.2) is 23.1 Å². The molecule has 3 heterocycles. The van der Waals surface area contributed by atoms with Crippen LogP contribution in [0.25, 0.3) is 22.2 Å². The van der Waals surface area contributed by atoms with Gasteiger partial charge in [0.1, 0.15) is 0 Å². The Morgan fingerprint density at radius 1 is 0.952 bits per heavy atom. The minimum Gasteiger partial charge on any atom is -0.371 e. The third-order valence-electron chi connectivity index (χ3n) is 4.10. The molecule has 0 amide bonds. The molecule has 0 N–H and O–H groups in total. The van der Waals surface area contributed by atoms with E-state index in [4.69, 9.17) is 4.98 Å². The molecule has 2 aromatic heterocycles. The van der Waals surface area contributed by atoms with Gasteiger partial charge in [-0.25, -0.2) is 4.98 Å². The third kappa shape index (κ3) is 2.25. The lowest BCUT2D eigenvalue weighted by Crippen LogP contribution is -2.18. The van der Waals surface area contributed by atoms with Crippen LogP contribution in [0.15, 0.2) is 54.9 Å². The highest BCUT2D eigenvalue weighted by molar-refractivity contribution is 5.94. The Morgan fingerprint density at radius 3 is 2.62 bits per heavy atom. The fourth-order valence-corrected chi connectivity index (χ4v) is 3.04. The number of nitrogens with zero attached hydrogens (tertiary/aromatic N) is 3. The van der Waals surface area contributed by atoms with Gasteiger partial charge in [-0.05, 0) is 37.1 Å².